The summed E-state index contributed by atoms with van der Waals surface area (Å²) in [6, 6.07) is 7.32. The van der Waals surface area contributed by atoms with Crippen LogP contribution in [0.3, 0.4) is 0 Å². The zero-order chi connectivity index (χ0) is 19.1. The Balaban J connectivity index is 1.59. The summed E-state index contributed by atoms with van der Waals surface area (Å²) in [6.07, 6.45) is 3.31. The Morgan fingerprint density at radius 1 is 1.26 bits per heavy atom. The van der Waals surface area contributed by atoms with Crippen molar-refractivity contribution in [3.05, 3.63) is 47.8 Å². The van der Waals surface area contributed by atoms with Crippen LogP contribution < -0.4 is 15.0 Å². The van der Waals surface area contributed by atoms with E-state index in [1.165, 1.54) is 6.20 Å². The van der Waals surface area contributed by atoms with E-state index in [1.54, 1.807) is 18.3 Å². The number of ether oxygens (including phenoxy) is 2. The molecule has 7 nitrogen and oxygen atoms in total. The zero-order valence-corrected chi connectivity index (χ0v) is 15.9. The van der Waals surface area contributed by atoms with Gasteiger partial charge < -0.3 is 19.7 Å². The summed E-state index contributed by atoms with van der Waals surface area (Å²) < 4.78 is 10.9. The predicted molar refractivity (Wildman–Crippen MR) is 103 cm³/mol. The Hall–Kier alpha value is -2.67. The summed E-state index contributed by atoms with van der Waals surface area (Å²) in [5.41, 5.74) is 1.49. The number of nitrogens with zero attached hydrogens (tertiary/aromatic N) is 3. The van der Waals surface area contributed by atoms with Gasteiger partial charge in [-0.2, -0.15) is 0 Å². The maximum Gasteiger partial charge on any atom is 0.253 e. The maximum atomic E-state index is 12.4. The van der Waals surface area contributed by atoms with E-state index in [9.17, 15) is 4.79 Å². The van der Waals surface area contributed by atoms with Gasteiger partial charge in [-0.25, -0.2) is 9.97 Å². The molecular weight excluding hydrogens is 344 g/mol. The molecule has 0 radical (unpaired) electrons. The first-order chi connectivity index (χ1) is 13.1. The number of rotatable bonds is 7. The molecule has 3 heterocycles. The molecule has 2 aromatic rings. The van der Waals surface area contributed by atoms with Crippen molar-refractivity contribution in [3.8, 4) is 5.88 Å². The van der Waals surface area contributed by atoms with E-state index >= 15 is 0 Å². The second-order valence-electron chi connectivity index (χ2n) is 6.86. The number of amides is 1. The lowest BCUT2D eigenvalue weighted by Gasteiger charge is -2.29. The third-order valence-corrected chi connectivity index (χ3v) is 4.18. The molecule has 7 heteroatoms. The standard InChI is InChI=1S/C20H26N4O3/c1-15(2)14-27-18-6-5-17(13-22-18)20(25)23-12-16-4-3-7-21-19(16)24-8-10-26-11-9-24/h3-7,13,15H,8-12,14H2,1-2H3,(H,23,25). The van der Waals surface area contributed by atoms with Gasteiger partial charge in [-0.05, 0) is 18.1 Å². The molecule has 1 aliphatic rings. The van der Waals surface area contributed by atoms with Crippen molar-refractivity contribution in [2.24, 2.45) is 5.92 Å². The first-order valence-corrected chi connectivity index (χ1v) is 9.27. The monoisotopic (exact) mass is 370 g/mol. The van der Waals surface area contributed by atoms with Gasteiger partial charge in [0, 0.05) is 43.7 Å². The van der Waals surface area contributed by atoms with Crippen molar-refractivity contribution in [1.29, 1.82) is 0 Å². The van der Waals surface area contributed by atoms with Crippen LogP contribution in [0.4, 0.5) is 5.82 Å². The van der Waals surface area contributed by atoms with Crippen molar-refractivity contribution >= 4 is 11.7 Å². The molecular formula is C20H26N4O3. The van der Waals surface area contributed by atoms with Crippen LogP contribution >= 0.6 is 0 Å². The second-order valence-corrected chi connectivity index (χ2v) is 6.86. The molecule has 1 N–H and O–H groups in total. The van der Waals surface area contributed by atoms with Crippen molar-refractivity contribution in [3.63, 3.8) is 0 Å². The van der Waals surface area contributed by atoms with Crippen LogP contribution in [0, 0.1) is 5.92 Å². The summed E-state index contributed by atoms with van der Waals surface area (Å²) in [4.78, 5) is 23.3. The van der Waals surface area contributed by atoms with Gasteiger partial charge in [0.2, 0.25) is 5.88 Å². The number of anilines is 1. The number of aromatic nitrogens is 2. The molecule has 0 saturated carbocycles. The number of nitrogens with one attached hydrogen (secondary N) is 1. The molecule has 0 bridgehead atoms. The molecule has 3 rings (SSSR count). The fraction of sp³-hybridized carbons (Fsp3) is 0.450. The lowest BCUT2D eigenvalue weighted by Crippen LogP contribution is -2.37. The summed E-state index contributed by atoms with van der Waals surface area (Å²) in [7, 11) is 0. The maximum absolute atomic E-state index is 12.4. The summed E-state index contributed by atoms with van der Waals surface area (Å²) in [5, 5.41) is 2.95. The molecule has 0 aromatic carbocycles. The molecule has 144 valence electrons. The van der Waals surface area contributed by atoms with Crippen molar-refractivity contribution in [2.45, 2.75) is 20.4 Å². The summed E-state index contributed by atoms with van der Waals surface area (Å²) >= 11 is 0. The molecule has 0 unspecified atom stereocenters. The number of carbonyl (C=O) groups excluding carboxylic acids is 1. The van der Waals surface area contributed by atoms with Gasteiger partial charge in [-0.3, -0.25) is 4.79 Å². The van der Waals surface area contributed by atoms with Crippen molar-refractivity contribution < 1.29 is 14.3 Å². The topological polar surface area (TPSA) is 76.6 Å². The van der Waals surface area contributed by atoms with Gasteiger partial charge in [-0.1, -0.05) is 19.9 Å². The second kappa shape index (κ2) is 9.32. The first-order valence-electron chi connectivity index (χ1n) is 9.27. The largest absolute Gasteiger partial charge is 0.477 e. The van der Waals surface area contributed by atoms with Crippen LogP contribution in [0.25, 0.3) is 0 Å². The molecule has 1 aliphatic heterocycles. The van der Waals surface area contributed by atoms with Gasteiger partial charge in [0.15, 0.2) is 0 Å². The molecule has 0 atom stereocenters. The van der Waals surface area contributed by atoms with Gasteiger partial charge in [0.25, 0.3) is 5.91 Å². The van der Waals surface area contributed by atoms with E-state index in [1.807, 2.05) is 12.1 Å². The van der Waals surface area contributed by atoms with Crippen LogP contribution in [0.15, 0.2) is 36.7 Å². The van der Waals surface area contributed by atoms with Crippen LogP contribution in [-0.2, 0) is 11.3 Å². The molecule has 1 saturated heterocycles. The Bertz CT molecular complexity index is 743. The highest BCUT2D eigenvalue weighted by Gasteiger charge is 2.16. The van der Waals surface area contributed by atoms with Crippen molar-refractivity contribution in [1.82, 2.24) is 15.3 Å². The summed E-state index contributed by atoms with van der Waals surface area (Å²) in [5.74, 6) is 1.68. The van der Waals surface area contributed by atoms with E-state index in [0.29, 0.717) is 43.7 Å². The molecule has 1 amide bonds. The molecule has 27 heavy (non-hydrogen) atoms. The van der Waals surface area contributed by atoms with E-state index in [0.717, 1.165) is 24.5 Å². The number of hydrogen-bond donors (Lipinski definition) is 1. The molecule has 0 aliphatic carbocycles. The highest BCUT2D eigenvalue weighted by Crippen LogP contribution is 2.18. The van der Waals surface area contributed by atoms with Crippen LogP contribution in [0.5, 0.6) is 5.88 Å². The number of hydrogen-bond acceptors (Lipinski definition) is 6. The molecule has 0 spiro atoms. The minimum Gasteiger partial charge on any atom is -0.477 e. The number of pyridine rings is 2. The van der Waals surface area contributed by atoms with Gasteiger partial charge in [-0.15, -0.1) is 0 Å². The lowest BCUT2D eigenvalue weighted by atomic mass is 10.2. The fourth-order valence-electron chi connectivity index (χ4n) is 2.76. The predicted octanol–water partition coefficient (Wildman–Crippen LogP) is 2.28. The third kappa shape index (κ3) is 5.40. The molecule has 1 fully saturated rings. The SMILES string of the molecule is CC(C)COc1ccc(C(=O)NCc2cccnc2N2CCOCC2)cn1. The smallest absolute Gasteiger partial charge is 0.253 e. The Morgan fingerprint density at radius 2 is 2.07 bits per heavy atom. The van der Waals surface area contributed by atoms with E-state index in [4.69, 9.17) is 9.47 Å². The first kappa shape index (κ1) is 19.1. The Kier molecular flexibility index (Phi) is 6.59. The van der Waals surface area contributed by atoms with E-state index < -0.39 is 0 Å². The highest BCUT2D eigenvalue weighted by atomic mass is 16.5. The summed E-state index contributed by atoms with van der Waals surface area (Å²) in [6.45, 7) is 8.16. The van der Waals surface area contributed by atoms with Gasteiger partial charge in [0.1, 0.15) is 5.82 Å². The zero-order valence-electron chi connectivity index (χ0n) is 15.9. The Morgan fingerprint density at radius 3 is 2.78 bits per heavy atom. The molecule has 2 aromatic heterocycles. The minimum atomic E-state index is -0.172. The van der Waals surface area contributed by atoms with Crippen LogP contribution in [0.2, 0.25) is 0 Å². The highest BCUT2D eigenvalue weighted by molar-refractivity contribution is 5.93. The average molecular weight is 370 g/mol. The third-order valence-electron chi connectivity index (χ3n) is 4.18. The van der Waals surface area contributed by atoms with E-state index in [2.05, 4.69) is 34.0 Å². The lowest BCUT2D eigenvalue weighted by molar-refractivity contribution is 0.0950. The van der Waals surface area contributed by atoms with Crippen LogP contribution in [-0.4, -0.2) is 48.8 Å². The number of morpholine rings is 1. The van der Waals surface area contributed by atoms with E-state index in [-0.39, 0.29) is 5.91 Å². The van der Waals surface area contributed by atoms with Gasteiger partial charge in [0.05, 0.1) is 25.4 Å². The van der Waals surface area contributed by atoms with Crippen molar-refractivity contribution in [2.75, 3.05) is 37.8 Å². The average Bonchev–Trinajstić information content (AvgIpc) is 2.71. The van der Waals surface area contributed by atoms with Crippen LogP contribution in [0.1, 0.15) is 29.8 Å². The minimum absolute atomic E-state index is 0.172. The fourth-order valence-corrected chi connectivity index (χ4v) is 2.76. The Labute approximate surface area is 159 Å². The van der Waals surface area contributed by atoms with Gasteiger partial charge >= 0.3 is 0 Å². The normalized spacial score (nSPS) is 14.3. The quantitative estimate of drug-likeness (QED) is 0.806. The number of carbonyl (C=O) groups is 1.